The van der Waals surface area contributed by atoms with Crippen LogP contribution in [0.5, 0.6) is 0 Å². The van der Waals surface area contributed by atoms with E-state index in [1.165, 1.54) is 6.07 Å². The van der Waals surface area contributed by atoms with Crippen LogP contribution in [0.4, 0.5) is 15.0 Å². The van der Waals surface area contributed by atoms with E-state index >= 15 is 0 Å². The normalized spacial score (nSPS) is 17.6. The first-order valence-corrected chi connectivity index (χ1v) is 14.8. The number of ether oxygens (including phenoxy) is 1. The van der Waals surface area contributed by atoms with E-state index in [4.69, 9.17) is 4.74 Å². The van der Waals surface area contributed by atoms with Gasteiger partial charge in [-0.1, -0.05) is 32.9 Å². The van der Waals surface area contributed by atoms with E-state index in [1.807, 2.05) is 64.7 Å². The minimum absolute atomic E-state index is 0.0301. The molecule has 0 spiro atoms. The van der Waals surface area contributed by atoms with E-state index < -0.39 is 17.5 Å². The van der Waals surface area contributed by atoms with Gasteiger partial charge in [-0.15, -0.1) is 6.58 Å². The molecule has 0 aromatic carbocycles. The third-order valence-corrected chi connectivity index (χ3v) is 7.63. The smallest absolute Gasteiger partial charge is 0.410 e. The molecule has 2 aromatic heterocycles. The van der Waals surface area contributed by atoms with Crippen LogP contribution in [0.1, 0.15) is 90.7 Å². The van der Waals surface area contributed by atoms with Crippen LogP contribution in [0.3, 0.4) is 0 Å². The molecule has 1 aliphatic rings. The number of hydrogen-bond acceptors (Lipinski definition) is 7. The molecule has 1 fully saturated rings. The molecule has 10 heteroatoms. The molecule has 2 atom stereocenters. The molecule has 0 bridgehead atoms. The van der Waals surface area contributed by atoms with Crippen LogP contribution in [-0.4, -0.2) is 50.6 Å². The van der Waals surface area contributed by atoms with Crippen molar-refractivity contribution < 1.29 is 18.7 Å². The summed E-state index contributed by atoms with van der Waals surface area (Å²) in [4.78, 5) is 35.7. The van der Waals surface area contributed by atoms with Gasteiger partial charge in [0.1, 0.15) is 16.4 Å². The molecular weight excluding hydrogens is 541 g/mol. The number of hydrogen-bond donors (Lipinski definition) is 2. The van der Waals surface area contributed by atoms with Crippen molar-refractivity contribution in [3.8, 4) is 0 Å². The lowest BCUT2D eigenvalue weighted by Gasteiger charge is -2.33. The van der Waals surface area contributed by atoms with Gasteiger partial charge >= 0.3 is 6.09 Å². The predicted molar refractivity (Wildman–Crippen MR) is 162 cm³/mol. The summed E-state index contributed by atoms with van der Waals surface area (Å²) in [6.07, 6.45) is 4.21. The highest BCUT2D eigenvalue weighted by Gasteiger charge is 2.42. The van der Waals surface area contributed by atoms with Crippen molar-refractivity contribution in [2.45, 2.75) is 102 Å². The molecule has 1 saturated heterocycles. The molecule has 224 valence electrons. The summed E-state index contributed by atoms with van der Waals surface area (Å²) in [6, 6.07) is 8.54. The number of carbonyl (C=O) groups is 2. The Bertz CT molecular complexity index is 1260. The lowest BCUT2D eigenvalue weighted by atomic mass is 9.91. The van der Waals surface area contributed by atoms with Crippen LogP contribution in [0.15, 0.2) is 48.0 Å². The summed E-state index contributed by atoms with van der Waals surface area (Å²) in [5.74, 6) is -0.394. The Morgan fingerprint density at radius 2 is 1.90 bits per heavy atom. The van der Waals surface area contributed by atoms with Crippen molar-refractivity contribution in [1.29, 1.82) is 0 Å². The molecule has 1 aliphatic heterocycles. The van der Waals surface area contributed by atoms with Crippen LogP contribution in [0.2, 0.25) is 0 Å². The van der Waals surface area contributed by atoms with E-state index in [0.717, 1.165) is 31.2 Å². The highest BCUT2D eigenvalue weighted by Crippen LogP contribution is 2.36. The number of halogens is 1. The summed E-state index contributed by atoms with van der Waals surface area (Å²) in [6.45, 7) is 20.2. The lowest BCUT2D eigenvalue weighted by Crippen LogP contribution is -2.45. The maximum Gasteiger partial charge on any atom is 0.410 e. The molecule has 0 aliphatic carbocycles. The third kappa shape index (κ3) is 9.18. The lowest BCUT2D eigenvalue weighted by molar-refractivity contribution is 0.0130. The Labute approximate surface area is 248 Å². The first-order valence-electron chi connectivity index (χ1n) is 14.0. The first kappa shape index (κ1) is 32.4. The average Bonchev–Trinajstić information content (AvgIpc) is 3.17. The zero-order valence-corrected chi connectivity index (χ0v) is 26.3. The van der Waals surface area contributed by atoms with Gasteiger partial charge in [-0.05, 0) is 84.1 Å². The van der Waals surface area contributed by atoms with Crippen molar-refractivity contribution in [1.82, 2.24) is 19.6 Å². The van der Waals surface area contributed by atoms with Crippen molar-refractivity contribution in [3.63, 3.8) is 0 Å². The summed E-state index contributed by atoms with van der Waals surface area (Å²) < 4.78 is 22.8. The second-order valence-electron chi connectivity index (χ2n) is 13.2. The molecule has 0 saturated carbocycles. The second-order valence-corrected chi connectivity index (χ2v) is 14.0. The molecule has 3 heterocycles. The number of nitrogens with zero attached hydrogens (tertiary/aromatic N) is 3. The largest absolute Gasteiger partial charge is 0.444 e. The fourth-order valence-corrected chi connectivity index (χ4v) is 5.40. The number of pyridine rings is 2. The predicted octanol–water partition coefficient (Wildman–Crippen LogP) is 7.13. The van der Waals surface area contributed by atoms with Crippen LogP contribution in [-0.2, 0) is 10.2 Å². The van der Waals surface area contributed by atoms with Gasteiger partial charge in [-0.25, -0.2) is 14.8 Å². The Balaban J connectivity index is 1.54. The molecular formula is C31H44FN5O3S. The number of carbonyl (C=O) groups excluding carboxylic acids is 2. The van der Waals surface area contributed by atoms with E-state index in [0.29, 0.717) is 29.0 Å². The SMILES string of the molecule is C=CC(CC[C@@H]1CN(C(=O)OC(C)(C)C)C(C)(C)C1)Nc1cccc(SNC(=O)c2ccc(C(C)(C)C)nc2F)n1. The van der Waals surface area contributed by atoms with E-state index in [2.05, 4.69) is 40.4 Å². The quantitative estimate of drug-likeness (QED) is 0.184. The van der Waals surface area contributed by atoms with Gasteiger partial charge in [-0.2, -0.15) is 4.39 Å². The van der Waals surface area contributed by atoms with Crippen LogP contribution in [0, 0.1) is 11.9 Å². The van der Waals surface area contributed by atoms with Gasteiger partial charge in [0.25, 0.3) is 5.91 Å². The minimum Gasteiger partial charge on any atom is -0.444 e. The summed E-state index contributed by atoms with van der Waals surface area (Å²) in [5.41, 5.74) is -0.661. The Morgan fingerprint density at radius 1 is 1.20 bits per heavy atom. The second kappa shape index (κ2) is 12.8. The van der Waals surface area contributed by atoms with Crippen molar-refractivity contribution in [3.05, 3.63) is 60.2 Å². The summed E-state index contributed by atoms with van der Waals surface area (Å²) in [7, 11) is 0. The molecule has 2 amide bonds. The van der Waals surface area contributed by atoms with Crippen molar-refractivity contribution in [2.75, 3.05) is 11.9 Å². The van der Waals surface area contributed by atoms with Gasteiger partial charge in [0.05, 0.1) is 5.56 Å². The number of aromatic nitrogens is 2. The number of rotatable bonds is 9. The van der Waals surface area contributed by atoms with Crippen LogP contribution in [0.25, 0.3) is 0 Å². The Kier molecular flexibility index (Phi) is 10.1. The molecule has 3 rings (SSSR count). The van der Waals surface area contributed by atoms with Gasteiger partial charge < -0.3 is 15.0 Å². The number of anilines is 1. The third-order valence-electron chi connectivity index (χ3n) is 6.91. The highest BCUT2D eigenvalue weighted by atomic mass is 32.2. The van der Waals surface area contributed by atoms with E-state index in [1.54, 1.807) is 12.1 Å². The van der Waals surface area contributed by atoms with Gasteiger partial charge in [0.2, 0.25) is 5.95 Å². The van der Waals surface area contributed by atoms with Crippen molar-refractivity contribution >= 4 is 29.8 Å². The molecule has 1 unspecified atom stereocenters. The maximum absolute atomic E-state index is 14.5. The molecule has 2 aromatic rings. The molecule has 41 heavy (non-hydrogen) atoms. The van der Waals surface area contributed by atoms with Gasteiger partial charge in [0.15, 0.2) is 0 Å². The highest BCUT2D eigenvalue weighted by molar-refractivity contribution is 7.97. The minimum atomic E-state index is -0.799. The fourth-order valence-electron chi connectivity index (χ4n) is 4.80. The van der Waals surface area contributed by atoms with E-state index in [9.17, 15) is 14.0 Å². The maximum atomic E-state index is 14.5. The topological polar surface area (TPSA) is 96.5 Å². The van der Waals surface area contributed by atoms with Gasteiger partial charge in [0, 0.05) is 41.2 Å². The zero-order valence-electron chi connectivity index (χ0n) is 25.5. The van der Waals surface area contributed by atoms with Crippen LogP contribution >= 0.6 is 11.9 Å². The average molecular weight is 586 g/mol. The summed E-state index contributed by atoms with van der Waals surface area (Å²) in [5, 5.41) is 3.95. The van der Waals surface area contributed by atoms with Gasteiger partial charge in [-0.3, -0.25) is 9.52 Å². The van der Waals surface area contributed by atoms with Crippen molar-refractivity contribution in [2.24, 2.45) is 5.92 Å². The fraction of sp³-hybridized carbons (Fsp3) is 0.548. The molecule has 8 nitrogen and oxygen atoms in total. The number of nitrogens with one attached hydrogen (secondary N) is 2. The standard InChI is InChI=1S/C31H44FN5O3S/c1-10-21(15-14-20-18-31(8,9)37(19-20)28(39)40-30(5,6)7)33-24-12-11-13-25(35-24)41-36-27(38)22-16-17-23(29(2,3)4)34-26(22)32/h10-13,16-17,20-21H,1,14-15,18-19H2,2-9H3,(H,33,35)(H,36,38)/t20-,21?/m0/s1. The molecule has 2 N–H and O–H groups in total. The monoisotopic (exact) mass is 585 g/mol. The first-order chi connectivity index (χ1) is 19.0. The van der Waals surface area contributed by atoms with Crippen LogP contribution < -0.4 is 10.0 Å². The number of amides is 2. The molecule has 0 radical (unpaired) electrons. The Hall–Kier alpha value is -3.14. The number of likely N-dealkylation sites (tertiary alicyclic amines) is 1. The zero-order chi connectivity index (χ0) is 30.6. The Morgan fingerprint density at radius 3 is 2.51 bits per heavy atom. The van der Waals surface area contributed by atoms with E-state index in [-0.39, 0.29) is 28.7 Å². The summed E-state index contributed by atoms with van der Waals surface area (Å²) >= 11 is 1.01.